The van der Waals surface area contributed by atoms with Crippen molar-refractivity contribution in [3.8, 4) is 0 Å². The van der Waals surface area contributed by atoms with Gasteiger partial charge in [-0.1, -0.05) is 103 Å². The number of nitrogens with one attached hydrogen (secondary N) is 1. The standard InChI is InChI=1S/C22H17N.C12H14N2.C2H4/c1-23-22(20-12-10-16-6-2-4-8-18(16)14-20)21-13-11-17-7-3-5-9-19(17)15-21;13-9-11-7-4-8-14-12(11)10-5-2-1-3-6-10;1-2/h2-15H,1H3;1-5,7-8,14H,6,9,13H2;1-2H2/b;12-10-;. The topological polar surface area (TPSA) is 50.4 Å². The van der Waals surface area contributed by atoms with Crippen LogP contribution >= 0.6 is 0 Å². The molecule has 2 aliphatic rings. The molecule has 6 rings (SSSR count). The van der Waals surface area contributed by atoms with Crippen LogP contribution in [0.2, 0.25) is 0 Å². The van der Waals surface area contributed by atoms with Crippen molar-refractivity contribution in [1.29, 1.82) is 0 Å². The Morgan fingerprint density at radius 1 is 0.795 bits per heavy atom. The van der Waals surface area contributed by atoms with E-state index in [1.54, 1.807) is 0 Å². The Balaban J connectivity index is 0.000000189. The molecule has 0 fully saturated rings. The van der Waals surface area contributed by atoms with Crippen LogP contribution in [0.3, 0.4) is 0 Å². The summed E-state index contributed by atoms with van der Waals surface area (Å²) in [6.45, 7) is 6.58. The molecule has 0 amide bonds. The molecule has 0 radical (unpaired) electrons. The second kappa shape index (κ2) is 13.7. The second-order valence-electron chi connectivity index (χ2n) is 8.99. The number of dihydropyridines is 1. The summed E-state index contributed by atoms with van der Waals surface area (Å²) in [6, 6.07) is 29.9. The van der Waals surface area contributed by atoms with Gasteiger partial charge in [0.15, 0.2) is 0 Å². The number of aliphatic imine (C=N–C) groups is 1. The highest BCUT2D eigenvalue weighted by Crippen LogP contribution is 2.22. The van der Waals surface area contributed by atoms with Gasteiger partial charge in [0.25, 0.3) is 0 Å². The largest absolute Gasteiger partial charge is 0.361 e. The van der Waals surface area contributed by atoms with Crippen LogP contribution in [0.4, 0.5) is 0 Å². The van der Waals surface area contributed by atoms with Crippen LogP contribution in [0.1, 0.15) is 17.5 Å². The summed E-state index contributed by atoms with van der Waals surface area (Å²) in [5, 5.41) is 8.25. The van der Waals surface area contributed by atoms with Crippen LogP contribution in [0.15, 0.2) is 163 Å². The molecular weight excluding hydrogens is 474 g/mol. The molecule has 0 aromatic heterocycles. The molecule has 1 aliphatic heterocycles. The number of nitrogens with zero attached hydrogens (tertiary/aromatic N) is 1. The molecule has 194 valence electrons. The minimum atomic E-state index is 0.577. The minimum absolute atomic E-state index is 0.577. The molecule has 4 aromatic rings. The molecule has 39 heavy (non-hydrogen) atoms. The zero-order valence-electron chi connectivity index (χ0n) is 22.5. The molecule has 3 heteroatoms. The number of benzene rings is 4. The number of allylic oxidation sites excluding steroid dienone is 7. The summed E-state index contributed by atoms with van der Waals surface area (Å²) < 4.78 is 0. The van der Waals surface area contributed by atoms with Gasteiger partial charge in [-0.25, -0.2) is 0 Å². The van der Waals surface area contributed by atoms with Gasteiger partial charge in [-0.2, -0.15) is 0 Å². The van der Waals surface area contributed by atoms with Crippen LogP contribution < -0.4 is 11.1 Å². The lowest BCUT2D eigenvalue weighted by Crippen LogP contribution is -2.18. The first-order valence-electron chi connectivity index (χ1n) is 13.1. The molecule has 0 saturated heterocycles. The van der Waals surface area contributed by atoms with Crippen LogP contribution in [-0.2, 0) is 0 Å². The van der Waals surface area contributed by atoms with Gasteiger partial charge in [0, 0.05) is 36.6 Å². The van der Waals surface area contributed by atoms with E-state index < -0.39 is 0 Å². The lowest BCUT2D eigenvalue weighted by atomic mass is 9.97. The van der Waals surface area contributed by atoms with Gasteiger partial charge in [0.2, 0.25) is 0 Å². The maximum atomic E-state index is 5.68. The minimum Gasteiger partial charge on any atom is -0.361 e. The second-order valence-corrected chi connectivity index (χ2v) is 8.99. The molecule has 0 saturated carbocycles. The quantitative estimate of drug-likeness (QED) is 0.217. The van der Waals surface area contributed by atoms with E-state index in [1.165, 1.54) is 32.7 Å². The van der Waals surface area contributed by atoms with E-state index in [9.17, 15) is 0 Å². The van der Waals surface area contributed by atoms with Gasteiger partial charge in [-0.15, -0.1) is 13.2 Å². The lowest BCUT2D eigenvalue weighted by Gasteiger charge is -2.18. The summed E-state index contributed by atoms with van der Waals surface area (Å²) in [7, 11) is 1.86. The SMILES string of the molecule is C=C.CN=C(c1ccc2ccccc2c1)c1ccc2ccccc2c1.NCC1=CC=CN/C1=C1/C=CC=CC1. The van der Waals surface area contributed by atoms with Gasteiger partial charge in [0.05, 0.1) is 5.71 Å². The number of hydrogen-bond donors (Lipinski definition) is 2. The van der Waals surface area contributed by atoms with Crippen LogP contribution in [-0.4, -0.2) is 19.3 Å². The smallest absolute Gasteiger partial charge is 0.0715 e. The van der Waals surface area contributed by atoms with E-state index in [0.29, 0.717) is 6.54 Å². The maximum absolute atomic E-state index is 5.68. The summed E-state index contributed by atoms with van der Waals surface area (Å²) in [5.41, 5.74) is 12.7. The third-order valence-corrected chi connectivity index (χ3v) is 6.64. The lowest BCUT2D eigenvalue weighted by molar-refractivity contribution is 0.967. The average Bonchev–Trinajstić information content (AvgIpc) is 3.03. The van der Waals surface area contributed by atoms with Crippen LogP contribution in [0, 0.1) is 0 Å². The van der Waals surface area contributed by atoms with Crippen molar-refractivity contribution < 1.29 is 0 Å². The number of hydrogen-bond acceptors (Lipinski definition) is 3. The Kier molecular flexibility index (Phi) is 9.60. The van der Waals surface area contributed by atoms with E-state index >= 15 is 0 Å². The van der Waals surface area contributed by atoms with Gasteiger partial charge >= 0.3 is 0 Å². The molecule has 0 atom stereocenters. The Morgan fingerprint density at radius 3 is 1.90 bits per heavy atom. The third kappa shape index (κ3) is 6.59. The fourth-order valence-corrected chi connectivity index (χ4v) is 4.74. The molecule has 0 unspecified atom stereocenters. The molecule has 3 N–H and O–H groups in total. The molecule has 3 nitrogen and oxygen atoms in total. The molecule has 1 aliphatic carbocycles. The Morgan fingerprint density at radius 2 is 1.38 bits per heavy atom. The molecule has 0 bridgehead atoms. The number of rotatable bonds is 3. The van der Waals surface area contributed by atoms with E-state index in [-0.39, 0.29) is 0 Å². The fourth-order valence-electron chi connectivity index (χ4n) is 4.74. The van der Waals surface area contributed by atoms with Crippen molar-refractivity contribution in [3.05, 3.63) is 169 Å². The molecule has 4 aromatic carbocycles. The highest BCUT2D eigenvalue weighted by molar-refractivity contribution is 6.15. The van der Waals surface area contributed by atoms with Crippen molar-refractivity contribution in [2.45, 2.75) is 6.42 Å². The van der Waals surface area contributed by atoms with Crippen molar-refractivity contribution in [3.63, 3.8) is 0 Å². The van der Waals surface area contributed by atoms with Gasteiger partial charge < -0.3 is 11.1 Å². The summed E-state index contributed by atoms with van der Waals surface area (Å²) in [5.74, 6) is 0. The zero-order valence-corrected chi connectivity index (χ0v) is 22.5. The van der Waals surface area contributed by atoms with Crippen LogP contribution in [0.25, 0.3) is 21.5 Å². The monoisotopic (exact) mass is 509 g/mol. The van der Waals surface area contributed by atoms with Gasteiger partial charge in [-0.3, -0.25) is 4.99 Å². The summed E-state index contributed by atoms with van der Waals surface area (Å²) >= 11 is 0. The first kappa shape index (κ1) is 27.3. The highest BCUT2D eigenvalue weighted by atomic mass is 14.9. The van der Waals surface area contributed by atoms with Crippen molar-refractivity contribution in [1.82, 2.24) is 5.32 Å². The van der Waals surface area contributed by atoms with E-state index in [1.807, 2.05) is 19.3 Å². The normalized spacial score (nSPS) is 15.4. The molecule has 0 spiro atoms. The number of fused-ring (bicyclic) bond motifs is 2. The zero-order chi connectivity index (χ0) is 27.5. The average molecular weight is 510 g/mol. The molecule has 1 heterocycles. The Hall–Kier alpha value is -4.73. The summed E-state index contributed by atoms with van der Waals surface area (Å²) in [6.07, 6.45) is 15.4. The highest BCUT2D eigenvalue weighted by Gasteiger charge is 2.10. The number of nitrogens with two attached hydrogens (primary N) is 1. The fraction of sp³-hybridized carbons (Fsp3) is 0.0833. The first-order valence-corrected chi connectivity index (χ1v) is 13.1. The van der Waals surface area contributed by atoms with Crippen molar-refractivity contribution in [2.24, 2.45) is 10.7 Å². The Bertz CT molecular complexity index is 1550. The predicted octanol–water partition coefficient (Wildman–Crippen LogP) is 8.02. The third-order valence-electron chi connectivity index (χ3n) is 6.64. The van der Waals surface area contributed by atoms with Crippen LogP contribution in [0.5, 0.6) is 0 Å². The van der Waals surface area contributed by atoms with E-state index in [2.05, 4.69) is 139 Å². The van der Waals surface area contributed by atoms with Crippen molar-refractivity contribution in [2.75, 3.05) is 13.6 Å². The van der Waals surface area contributed by atoms with E-state index in [4.69, 9.17) is 5.73 Å². The van der Waals surface area contributed by atoms with Gasteiger partial charge in [-0.05, 0) is 57.3 Å². The van der Waals surface area contributed by atoms with E-state index in [0.717, 1.165) is 29.0 Å². The van der Waals surface area contributed by atoms with Crippen molar-refractivity contribution >= 4 is 27.3 Å². The summed E-state index contributed by atoms with van der Waals surface area (Å²) in [4.78, 5) is 4.56. The first-order chi connectivity index (χ1) is 19.3. The Labute approximate surface area is 231 Å². The maximum Gasteiger partial charge on any atom is 0.0715 e. The van der Waals surface area contributed by atoms with Gasteiger partial charge in [0.1, 0.15) is 0 Å². The molecular formula is C36H35N3. The predicted molar refractivity (Wildman–Crippen MR) is 170 cm³/mol.